The molecule has 3 heteroatoms. The van der Waals surface area contributed by atoms with Crippen LogP contribution in [0.25, 0.3) is 5.69 Å². The molecule has 13 heavy (non-hydrogen) atoms. The number of hydrogen-bond acceptors (Lipinski definition) is 1. The van der Waals surface area contributed by atoms with Crippen LogP contribution in [0.1, 0.15) is 5.69 Å². The van der Waals surface area contributed by atoms with Crippen LogP contribution in [0.15, 0.2) is 36.5 Å². The molecule has 0 spiro atoms. The number of rotatable bonds is 1. The molecule has 0 N–H and O–H groups in total. The molecule has 1 heterocycles. The van der Waals surface area contributed by atoms with Gasteiger partial charge in [-0.3, -0.25) is 4.57 Å². The first-order valence-electron chi connectivity index (χ1n) is 4.04. The second-order valence-electron chi connectivity index (χ2n) is 2.84. The first kappa shape index (κ1) is 8.32. The van der Waals surface area contributed by atoms with E-state index in [-0.39, 0.29) is 0 Å². The SMILES string of the molecule is Cc1cnc(Cl)n1-c1ccccc1. The molecule has 66 valence electrons. The van der Waals surface area contributed by atoms with E-state index in [1.807, 2.05) is 41.8 Å². The predicted octanol–water partition coefficient (Wildman–Crippen LogP) is 2.83. The van der Waals surface area contributed by atoms with E-state index in [1.165, 1.54) is 0 Å². The zero-order valence-corrected chi connectivity index (χ0v) is 7.99. The second-order valence-corrected chi connectivity index (χ2v) is 3.18. The summed E-state index contributed by atoms with van der Waals surface area (Å²) in [7, 11) is 0. The van der Waals surface area contributed by atoms with Gasteiger partial charge < -0.3 is 0 Å². The maximum Gasteiger partial charge on any atom is 0.207 e. The Morgan fingerprint density at radius 1 is 1.23 bits per heavy atom. The Bertz CT molecular complexity index is 387. The fourth-order valence-electron chi connectivity index (χ4n) is 1.29. The van der Waals surface area contributed by atoms with Gasteiger partial charge in [0, 0.05) is 17.6 Å². The summed E-state index contributed by atoms with van der Waals surface area (Å²) in [6, 6.07) is 9.93. The molecule has 0 aliphatic carbocycles. The van der Waals surface area contributed by atoms with E-state index in [9.17, 15) is 0 Å². The summed E-state index contributed by atoms with van der Waals surface area (Å²) in [4.78, 5) is 4.02. The van der Waals surface area contributed by atoms with Crippen molar-refractivity contribution in [1.29, 1.82) is 0 Å². The highest BCUT2D eigenvalue weighted by atomic mass is 35.5. The van der Waals surface area contributed by atoms with Gasteiger partial charge in [-0.1, -0.05) is 18.2 Å². The van der Waals surface area contributed by atoms with Crippen LogP contribution < -0.4 is 0 Å². The smallest absolute Gasteiger partial charge is 0.207 e. The molecular weight excluding hydrogens is 184 g/mol. The van der Waals surface area contributed by atoms with E-state index >= 15 is 0 Å². The van der Waals surface area contributed by atoms with Crippen LogP contribution in [0, 0.1) is 6.92 Å². The quantitative estimate of drug-likeness (QED) is 0.680. The average molecular weight is 193 g/mol. The normalized spacial score (nSPS) is 10.3. The van der Waals surface area contributed by atoms with Crippen molar-refractivity contribution >= 4 is 11.6 Å². The summed E-state index contributed by atoms with van der Waals surface area (Å²) >= 11 is 5.93. The van der Waals surface area contributed by atoms with Crippen LogP contribution >= 0.6 is 11.6 Å². The van der Waals surface area contributed by atoms with Crippen molar-refractivity contribution in [3.8, 4) is 5.69 Å². The molecular formula is C10H9ClN2. The first-order valence-corrected chi connectivity index (χ1v) is 4.42. The monoisotopic (exact) mass is 192 g/mol. The van der Waals surface area contributed by atoms with E-state index in [1.54, 1.807) is 6.20 Å². The van der Waals surface area contributed by atoms with Gasteiger partial charge in [-0.05, 0) is 30.7 Å². The molecule has 0 unspecified atom stereocenters. The highest BCUT2D eigenvalue weighted by molar-refractivity contribution is 6.28. The fourth-order valence-corrected chi connectivity index (χ4v) is 1.57. The third kappa shape index (κ3) is 1.45. The second kappa shape index (κ2) is 3.23. The molecule has 1 aromatic heterocycles. The van der Waals surface area contributed by atoms with Crippen LogP contribution in [0.3, 0.4) is 0 Å². The lowest BCUT2D eigenvalue weighted by Gasteiger charge is -2.05. The van der Waals surface area contributed by atoms with Gasteiger partial charge >= 0.3 is 0 Å². The predicted molar refractivity (Wildman–Crippen MR) is 53.3 cm³/mol. The summed E-state index contributed by atoms with van der Waals surface area (Å²) in [5.74, 6) is 0. The molecule has 0 bridgehead atoms. The molecule has 0 aliphatic rings. The molecule has 0 radical (unpaired) electrons. The van der Waals surface area contributed by atoms with Crippen molar-refractivity contribution in [2.45, 2.75) is 6.92 Å². The molecule has 0 atom stereocenters. The molecule has 2 nitrogen and oxygen atoms in total. The maximum absolute atomic E-state index is 5.93. The lowest BCUT2D eigenvalue weighted by atomic mass is 10.3. The maximum atomic E-state index is 5.93. The zero-order chi connectivity index (χ0) is 9.26. The van der Waals surface area contributed by atoms with Crippen molar-refractivity contribution in [2.75, 3.05) is 0 Å². The van der Waals surface area contributed by atoms with Crippen LogP contribution in [-0.4, -0.2) is 9.55 Å². The number of imidazole rings is 1. The van der Waals surface area contributed by atoms with Gasteiger partial charge in [-0.2, -0.15) is 0 Å². The van der Waals surface area contributed by atoms with Gasteiger partial charge in [0.25, 0.3) is 0 Å². The minimum absolute atomic E-state index is 0.503. The summed E-state index contributed by atoms with van der Waals surface area (Å²) in [6.07, 6.45) is 1.76. The van der Waals surface area contributed by atoms with E-state index in [0.29, 0.717) is 5.28 Å². The molecule has 2 aromatic rings. The molecule has 0 amide bonds. The minimum atomic E-state index is 0.503. The lowest BCUT2D eigenvalue weighted by Crippen LogP contribution is -1.95. The highest BCUT2D eigenvalue weighted by Crippen LogP contribution is 2.17. The van der Waals surface area contributed by atoms with Gasteiger partial charge in [-0.25, -0.2) is 4.98 Å². The third-order valence-corrected chi connectivity index (χ3v) is 2.18. The summed E-state index contributed by atoms with van der Waals surface area (Å²) in [5.41, 5.74) is 2.08. The van der Waals surface area contributed by atoms with Crippen molar-refractivity contribution < 1.29 is 0 Å². The van der Waals surface area contributed by atoms with E-state index in [4.69, 9.17) is 11.6 Å². The molecule has 0 saturated carbocycles. The number of nitrogens with zero attached hydrogens (tertiary/aromatic N) is 2. The Morgan fingerprint density at radius 3 is 2.46 bits per heavy atom. The molecule has 0 saturated heterocycles. The van der Waals surface area contributed by atoms with Gasteiger partial charge in [0.15, 0.2) is 0 Å². The highest BCUT2D eigenvalue weighted by Gasteiger charge is 2.04. The third-order valence-electron chi connectivity index (χ3n) is 1.91. The molecule has 0 fully saturated rings. The Labute approximate surface area is 81.8 Å². The summed E-state index contributed by atoms with van der Waals surface area (Å²) in [5, 5.41) is 0.503. The van der Waals surface area contributed by atoms with Gasteiger partial charge in [0.2, 0.25) is 5.28 Å². The topological polar surface area (TPSA) is 17.8 Å². The number of hydrogen-bond donors (Lipinski definition) is 0. The average Bonchev–Trinajstić information content (AvgIpc) is 2.48. The van der Waals surface area contributed by atoms with Gasteiger partial charge in [0.05, 0.1) is 0 Å². The number of para-hydroxylation sites is 1. The van der Waals surface area contributed by atoms with Crippen molar-refractivity contribution in [2.24, 2.45) is 0 Å². The van der Waals surface area contributed by atoms with Gasteiger partial charge in [0.1, 0.15) is 0 Å². The number of benzene rings is 1. The molecule has 0 aliphatic heterocycles. The van der Waals surface area contributed by atoms with Gasteiger partial charge in [-0.15, -0.1) is 0 Å². The van der Waals surface area contributed by atoms with Crippen LogP contribution in [0.2, 0.25) is 5.28 Å². The number of aryl methyl sites for hydroxylation is 1. The summed E-state index contributed by atoms with van der Waals surface area (Å²) in [6.45, 7) is 1.98. The summed E-state index contributed by atoms with van der Waals surface area (Å²) < 4.78 is 1.90. The van der Waals surface area contributed by atoms with Crippen molar-refractivity contribution in [3.05, 3.63) is 47.5 Å². The first-order chi connectivity index (χ1) is 6.29. The largest absolute Gasteiger partial charge is 0.288 e. The van der Waals surface area contributed by atoms with Crippen LogP contribution in [0.5, 0.6) is 0 Å². The van der Waals surface area contributed by atoms with Crippen molar-refractivity contribution in [3.63, 3.8) is 0 Å². The van der Waals surface area contributed by atoms with E-state index < -0.39 is 0 Å². The number of halogens is 1. The van der Waals surface area contributed by atoms with E-state index in [2.05, 4.69) is 4.98 Å². The number of aromatic nitrogens is 2. The lowest BCUT2D eigenvalue weighted by molar-refractivity contribution is 1.01. The Hall–Kier alpha value is -1.28. The van der Waals surface area contributed by atoms with E-state index in [0.717, 1.165) is 11.4 Å². The Balaban J connectivity index is 2.59. The van der Waals surface area contributed by atoms with Crippen molar-refractivity contribution in [1.82, 2.24) is 9.55 Å². The Morgan fingerprint density at radius 2 is 1.92 bits per heavy atom. The van der Waals surface area contributed by atoms with Crippen LogP contribution in [-0.2, 0) is 0 Å². The minimum Gasteiger partial charge on any atom is -0.288 e. The zero-order valence-electron chi connectivity index (χ0n) is 7.24. The molecule has 2 rings (SSSR count). The van der Waals surface area contributed by atoms with Crippen LogP contribution in [0.4, 0.5) is 0 Å². The fraction of sp³-hybridized carbons (Fsp3) is 0.100. The molecule has 1 aromatic carbocycles. The Kier molecular flexibility index (Phi) is 2.07. The standard InChI is InChI=1S/C10H9ClN2/c1-8-7-12-10(11)13(8)9-5-3-2-4-6-9/h2-7H,1H3.